The van der Waals surface area contributed by atoms with E-state index < -0.39 is 11.7 Å². The molecule has 0 spiro atoms. The van der Waals surface area contributed by atoms with Gasteiger partial charge in [0.05, 0.1) is 19.0 Å². The molecule has 0 bridgehead atoms. The molecule has 1 atom stereocenters. The Morgan fingerprint density at radius 3 is 2.52 bits per heavy atom. The summed E-state index contributed by atoms with van der Waals surface area (Å²) in [6.45, 7) is 5.76. The standard InChI is InChI=1S/C22H24N4O3/c1-5-20(21(27)24-18-8-6-7-14(2)15(18)3)26-22(28)25-19(13-23-26)16-9-11-17(29-4)12-10-16/h6-13,20H,5H2,1-4H3,(H,24,27)/t20-/m1/s1. The van der Waals surface area contributed by atoms with Crippen LogP contribution < -0.4 is 15.7 Å². The number of carbonyl (C=O) groups is 1. The average molecular weight is 392 g/mol. The van der Waals surface area contributed by atoms with Gasteiger partial charge in [-0.15, -0.1) is 0 Å². The Labute approximate surface area is 169 Å². The molecule has 0 aliphatic heterocycles. The molecule has 0 aliphatic rings. The number of nitrogens with one attached hydrogen (secondary N) is 1. The molecule has 1 amide bonds. The number of hydrogen-bond acceptors (Lipinski definition) is 5. The topological polar surface area (TPSA) is 86.1 Å². The van der Waals surface area contributed by atoms with Crippen LogP contribution in [0.4, 0.5) is 5.69 Å². The van der Waals surface area contributed by atoms with Crippen LogP contribution in [0.3, 0.4) is 0 Å². The maximum Gasteiger partial charge on any atom is 0.365 e. The van der Waals surface area contributed by atoms with Crippen LogP contribution in [0.1, 0.15) is 30.5 Å². The Bertz CT molecular complexity index is 1070. The fourth-order valence-corrected chi connectivity index (χ4v) is 3.04. The molecular weight excluding hydrogens is 368 g/mol. The number of nitrogens with zero attached hydrogens (tertiary/aromatic N) is 3. The first-order valence-corrected chi connectivity index (χ1v) is 9.42. The SMILES string of the molecule is CC[C@H](C(=O)Nc1cccc(C)c1C)n1ncc(-c2ccc(OC)cc2)nc1=O. The van der Waals surface area contributed by atoms with E-state index in [-0.39, 0.29) is 5.91 Å². The maximum atomic E-state index is 12.8. The van der Waals surface area contributed by atoms with Crippen molar-refractivity contribution in [3.63, 3.8) is 0 Å². The number of amides is 1. The Kier molecular flexibility index (Phi) is 6.07. The molecule has 1 heterocycles. The van der Waals surface area contributed by atoms with Crippen molar-refractivity contribution in [2.24, 2.45) is 0 Å². The van der Waals surface area contributed by atoms with Crippen LogP contribution in [0.25, 0.3) is 11.3 Å². The lowest BCUT2D eigenvalue weighted by Gasteiger charge is -2.18. The zero-order valence-corrected chi connectivity index (χ0v) is 17.0. The van der Waals surface area contributed by atoms with Crippen LogP contribution in [0.5, 0.6) is 5.75 Å². The number of aromatic nitrogens is 3. The molecule has 7 nitrogen and oxygen atoms in total. The van der Waals surface area contributed by atoms with Crippen molar-refractivity contribution in [1.82, 2.24) is 14.8 Å². The van der Waals surface area contributed by atoms with Crippen LogP contribution in [0.2, 0.25) is 0 Å². The van der Waals surface area contributed by atoms with E-state index in [2.05, 4.69) is 15.4 Å². The van der Waals surface area contributed by atoms with Gasteiger partial charge in [-0.05, 0) is 61.7 Å². The van der Waals surface area contributed by atoms with Crippen molar-refractivity contribution < 1.29 is 9.53 Å². The second-order valence-corrected chi connectivity index (χ2v) is 6.76. The Hall–Kier alpha value is -3.48. The molecule has 0 unspecified atom stereocenters. The second kappa shape index (κ2) is 8.68. The molecule has 0 radical (unpaired) electrons. The molecular formula is C22H24N4O3. The predicted molar refractivity (Wildman–Crippen MR) is 112 cm³/mol. The molecule has 0 saturated carbocycles. The van der Waals surface area contributed by atoms with Crippen molar-refractivity contribution in [2.75, 3.05) is 12.4 Å². The molecule has 3 rings (SSSR count). The van der Waals surface area contributed by atoms with Gasteiger partial charge in [-0.25, -0.2) is 9.48 Å². The highest BCUT2D eigenvalue weighted by atomic mass is 16.5. The highest BCUT2D eigenvalue weighted by molar-refractivity contribution is 5.94. The van der Waals surface area contributed by atoms with Crippen molar-refractivity contribution in [3.05, 3.63) is 70.3 Å². The quantitative estimate of drug-likeness (QED) is 0.694. The molecule has 0 saturated heterocycles. The van der Waals surface area contributed by atoms with E-state index in [9.17, 15) is 9.59 Å². The Morgan fingerprint density at radius 2 is 1.90 bits per heavy atom. The maximum absolute atomic E-state index is 12.8. The minimum atomic E-state index is -0.750. The first-order valence-electron chi connectivity index (χ1n) is 9.42. The predicted octanol–water partition coefficient (Wildman–Crippen LogP) is 3.52. The fourth-order valence-electron chi connectivity index (χ4n) is 3.04. The summed E-state index contributed by atoms with van der Waals surface area (Å²) in [7, 11) is 1.59. The van der Waals surface area contributed by atoms with Crippen LogP contribution in [0, 0.1) is 13.8 Å². The molecule has 0 fully saturated rings. The number of methoxy groups -OCH3 is 1. The number of ether oxygens (including phenoxy) is 1. The average Bonchev–Trinajstić information content (AvgIpc) is 2.73. The first kappa shape index (κ1) is 20.3. The summed E-state index contributed by atoms with van der Waals surface area (Å²) >= 11 is 0. The van der Waals surface area contributed by atoms with Gasteiger partial charge in [0, 0.05) is 11.3 Å². The molecule has 2 aromatic carbocycles. The van der Waals surface area contributed by atoms with Crippen LogP contribution in [0.15, 0.2) is 53.5 Å². The normalized spacial score (nSPS) is 11.7. The van der Waals surface area contributed by atoms with Gasteiger partial charge in [-0.3, -0.25) is 4.79 Å². The summed E-state index contributed by atoms with van der Waals surface area (Å²) in [6.07, 6.45) is 1.91. The van der Waals surface area contributed by atoms with E-state index in [0.29, 0.717) is 17.9 Å². The molecule has 7 heteroatoms. The fraction of sp³-hybridized carbons (Fsp3) is 0.273. The zero-order valence-electron chi connectivity index (χ0n) is 17.0. The summed E-state index contributed by atoms with van der Waals surface area (Å²) in [5, 5.41) is 7.13. The van der Waals surface area contributed by atoms with Gasteiger partial charge in [0.25, 0.3) is 0 Å². The number of benzene rings is 2. The van der Waals surface area contributed by atoms with E-state index in [4.69, 9.17) is 4.74 Å². The monoisotopic (exact) mass is 392 g/mol. The third-order valence-corrected chi connectivity index (χ3v) is 4.95. The van der Waals surface area contributed by atoms with Gasteiger partial charge >= 0.3 is 5.69 Å². The lowest BCUT2D eigenvalue weighted by molar-refractivity contribution is -0.119. The number of carbonyl (C=O) groups excluding carboxylic acids is 1. The summed E-state index contributed by atoms with van der Waals surface area (Å²) < 4.78 is 6.27. The number of rotatable bonds is 6. The minimum Gasteiger partial charge on any atom is -0.497 e. The zero-order chi connectivity index (χ0) is 21.0. The first-order chi connectivity index (χ1) is 13.9. The van der Waals surface area contributed by atoms with Crippen molar-refractivity contribution >= 4 is 11.6 Å². The van der Waals surface area contributed by atoms with Gasteiger partial charge in [-0.2, -0.15) is 10.1 Å². The smallest absolute Gasteiger partial charge is 0.365 e. The van der Waals surface area contributed by atoms with E-state index in [1.807, 2.05) is 39.0 Å². The van der Waals surface area contributed by atoms with Crippen LogP contribution in [-0.2, 0) is 4.79 Å². The lowest BCUT2D eigenvalue weighted by Crippen LogP contribution is -2.36. The minimum absolute atomic E-state index is 0.296. The largest absolute Gasteiger partial charge is 0.497 e. The second-order valence-electron chi connectivity index (χ2n) is 6.76. The molecule has 150 valence electrons. The molecule has 0 aliphatic carbocycles. The van der Waals surface area contributed by atoms with Gasteiger partial charge in [-0.1, -0.05) is 19.1 Å². The number of aryl methyl sites for hydroxylation is 1. The van der Waals surface area contributed by atoms with Crippen molar-refractivity contribution in [3.8, 4) is 17.0 Å². The molecule has 29 heavy (non-hydrogen) atoms. The third kappa shape index (κ3) is 4.34. The summed E-state index contributed by atoms with van der Waals surface area (Å²) in [5.41, 5.74) is 3.42. The van der Waals surface area contributed by atoms with E-state index in [1.54, 1.807) is 31.4 Å². The molecule has 3 aromatic rings. The van der Waals surface area contributed by atoms with E-state index in [0.717, 1.165) is 27.1 Å². The van der Waals surface area contributed by atoms with Crippen molar-refractivity contribution in [1.29, 1.82) is 0 Å². The lowest BCUT2D eigenvalue weighted by atomic mass is 10.1. The number of hydrogen-bond donors (Lipinski definition) is 1. The van der Waals surface area contributed by atoms with Crippen LogP contribution >= 0.6 is 0 Å². The summed E-state index contributed by atoms with van der Waals surface area (Å²) in [6, 6.07) is 12.1. The summed E-state index contributed by atoms with van der Waals surface area (Å²) in [5.74, 6) is 0.416. The van der Waals surface area contributed by atoms with Crippen LogP contribution in [-0.4, -0.2) is 27.8 Å². The van der Waals surface area contributed by atoms with Gasteiger partial charge in [0.2, 0.25) is 5.91 Å². The molecule has 1 aromatic heterocycles. The molecule has 1 N–H and O–H groups in total. The highest BCUT2D eigenvalue weighted by Crippen LogP contribution is 2.21. The van der Waals surface area contributed by atoms with Crippen molar-refractivity contribution in [2.45, 2.75) is 33.2 Å². The van der Waals surface area contributed by atoms with E-state index in [1.165, 1.54) is 6.20 Å². The van der Waals surface area contributed by atoms with Gasteiger partial charge in [0.15, 0.2) is 0 Å². The highest BCUT2D eigenvalue weighted by Gasteiger charge is 2.22. The Morgan fingerprint density at radius 1 is 1.17 bits per heavy atom. The van der Waals surface area contributed by atoms with Gasteiger partial charge in [0.1, 0.15) is 11.8 Å². The van der Waals surface area contributed by atoms with E-state index >= 15 is 0 Å². The number of anilines is 1. The summed E-state index contributed by atoms with van der Waals surface area (Å²) in [4.78, 5) is 29.5. The Balaban J connectivity index is 1.86. The van der Waals surface area contributed by atoms with Gasteiger partial charge < -0.3 is 10.1 Å². The third-order valence-electron chi connectivity index (χ3n) is 4.95.